The molecule has 1 aromatic carbocycles. The van der Waals surface area contributed by atoms with Gasteiger partial charge in [0.1, 0.15) is 11.6 Å². The summed E-state index contributed by atoms with van der Waals surface area (Å²) in [4.78, 5) is 19.0. The lowest BCUT2D eigenvalue weighted by atomic mass is 10.1. The fourth-order valence-electron chi connectivity index (χ4n) is 1.82. The number of aromatic carboxylic acids is 1. The minimum atomic E-state index is -1.28. The smallest absolute Gasteiger partial charge is 0.355 e. The average molecular weight is 288 g/mol. The van der Waals surface area contributed by atoms with Gasteiger partial charge in [0.2, 0.25) is 0 Å². The fraction of sp³-hybridized carbons (Fsp3) is 0.0714. The molecular formula is C14H13FN4O2. The van der Waals surface area contributed by atoms with Crippen LogP contribution in [0.4, 0.5) is 15.9 Å². The molecule has 0 aliphatic heterocycles. The first kappa shape index (κ1) is 14.4. The second-order valence-corrected chi connectivity index (χ2v) is 4.15. The van der Waals surface area contributed by atoms with Gasteiger partial charge in [-0.3, -0.25) is 0 Å². The molecule has 1 heterocycles. The van der Waals surface area contributed by atoms with Gasteiger partial charge in [-0.2, -0.15) is 0 Å². The summed E-state index contributed by atoms with van der Waals surface area (Å²) in [5.41, 5.74) is 6.13. The van der Waals surface area contributed by atoms with Gasteiger partial charge >= 0.3 is 5.97 Å². The molecule has 108 valence electrons. The third-order valence-electron chi connectivity index (χ3n) is 2.88. The number of hydrogen-bond acceptors (Lipinski definition) is 5. The van der Waals surface area contributed by atoms with Gasteiger partial charge in [-0.1, -0.05) is 12.7 Å². The molecule has 0 saturated carbocycles. The Labute approximate surface area is 120 Å². The molecule has 1 aromatic heterocycles. The van der Waals surface area contributed by atoms with Gasteiger partial charge < -0.3 is 16.2 Å². The number of rotatable bonds is 4. The Morgan fingerprint density at radius 1 is 1.48 bits per heavy atom. The van der Waals surface area contributed by atoms with E-state index in [1.165, 1.54) is 18.2 Å². The van der Waals surface area contributed by atoms with Crippen LogP contribution in [0.25, 0.3) is 17.5 Å². The number of carboxylic acids is 1. The molecule has 4 N–H and O–H groups in total. The van der Waals surface area contributed by atoms with E-state index in [9.17, 15) is 9.18 Å². The van der Waals surface area contributed by atoms with Crippen molar-refractivity contribution in [3.05, 3.63) is 41.9 Å². The summed E-state index contributed by atoms with van der Waals surface area (Å²) in [5, 5.41) is 11.9. The zero-order chi connectivity index (χ0) is 15.6. The van der Waals surface area contributed by atoms with E-state index in [1.807, 2.05) is 0 Å². The first-order valence-corrected chi connectivity index (χ1v) is 5.98. The summed E-state index contributed by atoms with van der Waals surface area (Å²) < 4.78 is 14.0. The van der Waals surface area contributed by atoms with Gasteiger partial charge in [0.05, 0.1) is 5.56 Å². The Bertz CT molecular complexity index is 731. The molecule has 0 amide bonds. The molecule has 0 unspecified atom stereocenters. The van der Waals surface area contributed by atoms with Crippen LogP contribution < -0.4 is 11.1 Å². The minimum absolute atomic E-state index is 0.0653. The molecule has 0 saturated heterocycles. The highest BCUT2D eigenvalue weighted by atomic mass is 19.1. The quantitative estimate of drug-likeness (QED) is 0.797. The van der Waals surface area contributed by atoms with E-state index < -0.39 is 11.8 Å². The molecule has 0 aliphatic carbocycles. The summed E-state index contributed by atoms with van der Waals surface area (Å²) in [7, 11) is 1.66. The van der Waals surface area contributed by atoms with Crippen molar-refractivity contribution in [2.24, 2.45) is 0 Å². The van der Waals surface area contributed by atoms with E-state index in [0.29, 0.717) is 5.69 Å². The summed E-state index contributed by atoms with van der Waals surface area (Å²) >= 11 is 0. The molecule has 0 radical (unpaired) electrons. The number of benzene rings is 1. The maximum atomic E-state index is 14.0. The zero-order valence-electron chi connectivity index (χ0n) is 11.2. The van der Waals surface area contributed by atoms with E-state index in [2.05, 4.69) is 21.9 Å². The summed E-state index contributed by atoms with van der Waals surface area (Å²) in [6.07, 6.45) is 1.25. The largest absolute Gasteiger partial charge is 0.476 e. The first-order valence-electron chi connectivity index (χ1n) is 5.98. The molecule has 0 atom stereocenters. The lowest BCUT2D eigenvalue weighted by Gasteiger charge is -2.09. The van der Waals surface area contributed by atoms with E-state index in [4.69, 9.17) is 10.8 Å². The molecule has 0 fully saturated rings. The zero-order valence-corrected chi connectivity index (χ0v) is 11.2. The van der Waals surface area contributed by atoms with Crippen molar-refractivity contribution in [1.29, 1.82) is 0 Å². The topological polar surface area (TPSA) is 101 Å². The van der Waals surface area contributed by atoms with Crippen molar-refractivity contribution in [2.75, 3.05) is 18.1 Å². The Hall–Kier alpha value is -2.96. The van der Waals surface area contributed by atoms with Crippen LogP contribution in [-0.4, -0.2) is 28.1 Å². The van der Waals surface area contributed by atoms with Crippen LogP contribution in [0, 0.1) is 5.82 Å². The maximum absolute atomic E-state index is 14.0. The number of nitrogen functional groups attached to an aromatic ring is 1. The van der Waals surface area contributed by atoms with Crippen molar-refractivity contribution in [3.8, 4) is 11.4 Å². The van der Waals surface area contributed by atoms with Crippen molar-refractivity contribution >= 4 is 23.6 Å². The molecule has 2 rings (SSSR count). The van der Waals surface area contributed by atoms with Gasteiger partial charge in [0.25, 0.3) is 0 Å². The third-order valence-corrected chi connectivity index (χ3v) is 2.88. The lowest BCUT2D eigenvalue weighted by Crippen LogP contribution is -2.10. The molecular weight excluding hydrogens is 275 g/mol. The van der Waals surface area contributed by atoms with Crippen molar-refractivity contribution < 1.29 is 14.3 Å². The molecule has 2 aromatic rings. The highest BCUT2D eigenvalue weighted by Gasteiger charge is 2.18. The second kappa shape index (κ2) is 5.58. The van der Waals surface area contributed by atoms with Crippen LogP contribution in [0.1, 0.15) is 16.1 Å². The van der Waals surface area contributed by atoms with Crippen LogP contribution in [0.3, 0.4) is 0 Å². The van der Waals surface area contributed by atoms with Crippen LogP contribution >= 0.6 is 0 Å². The standard InChI is InChI=1S/C14H13FN4O2/c1-3-8-11(14(20)21)18-13(19-12(8)16)9-5-4-7(17-2)6-10(9)15/h3-6,17H,1H2,2H3,(H,20,21)(H2,16,18,19). The average Bonchev–Trinajstić information content (AvgIpc) is 2.46. The summed E-state index contributed by atoms with van der Waals surface area (Å²) in [6, 6.07) is 4.34. The van der Waals surface area contributed by atoms with E-state index in [0.717, 1.165) is 0 Å². The van der Waals surface area contributed by atoms with Crippen LogP contribution in [-0.2, 0) is 0 Å². The molecule has 6 nitrogen and oxygen atoms in total. The number of carboxylic acid groups (broad SMARTS) is 1. The number of anilines is 2. The SMILES string of the molecule is C=Cc1c(N)nc(-c2ccc(NC)cc2F)nc1C(=O)O. The Kier molecular flexibility index (Phi) is 3.84. The Morgan fingerprint density at radius 3 is 2.71 bits per heavy atom. The molecule has 21 heavy (non-hydrogen) atoms. The van der Waals surface area contributed by atoms with Gasteiger partial charge in [-0.15, -0.1) is 0 Å². The predicted octanol–water partition coefficient (Wildman–Crippen LogP) is 2.25. The molecule has 0 bridgehead atoms. The van der Waals surface area contributed by atoms with Gasteiger partial charge in [-0.05, 0) is 18.2 Å². The first-order chi connectivity index (χ1) is 9.97. The Balaban J connectivity index is 2.65. The molecule has 7 heteroatoms. The fourth-order valence-corrected chi connectivity index (χ4v) is 1.82. The lowest BCUT2D eigenvalue weighted by molar-refractivity contribution is 0.0690. The van der Waals surface area contributed by atoms with Crippen LogP contribution in [0.5, 0.6) is 0 Å². The summed E-state index contributed by atoms with van der Waals surface area (Å²) in [6.45, 7) is 3.47. The van der Waals surface area contributed by atoms with Gasteiger partial charge in [-0.25, -0.2) is 19.2 Å². The van der Waals surface area contributed by atoms with Crippen molar-refractivity contribution in [2.45, 2.75) is 0 Å². The maximum Gasteiger partial charge on any atom is 0.355 e. The predicted molar refractivity (Wildman–Crippen MR) is 78.4 cm³/mol. The monoisotopic (exact) mass is 288 g/mol. The number of halogens is 1. The van der Waals surface area contributed by atoms with Crippen LogP contribution in [0.2, 0.25) is 0 Å². The number of hydrogen-bond donors (Lipinski definition) is 3. The Morgan fingerprint density at radius 2 is 2.19 bits per heavy atom. The minimum Gasteiger partial charge on any atom is -0.476 e. The number of nitrogens with one attached hydrogen (secondary N) is 1. The van der Waals surface area contributed by atoms with Crippen molar-refractivity contribution in [3.63, 3.8) is 0 Å². The van der Waals surface area contributed by atoms with E-state index in [1.54, 1.807) is 13.1 Å². The van der Waals surface area contributed by atoms with Gasteiger partial charge in [0, 0.05) is 18.3 Å². The van der Waals surface area contributed by atoms with E-state index in [-0.39, 0.29) is 28.5 Å². The molecule has 0 aliphatic rings. The highest BCUT2D eigenvalue weighted by Crippen LogP contribution is 2.25. The number of aromatic nitrogens is 2. The summed E-state index contributed by atoms with van der Waals surface area (Å²) in [5.74, 6) is -2.02. The normalized spacial score (nSPS) is 10.2. The molecule has 0 spiro atoms. The number of nitrogens with zero attached hydrogens (tertiary/aromatic N) is 2. The number of nitrogens with two attached hydrogens (primary N) is 1. The number of carbonyl (C=O) groups is 1. The second-order valence-electron chi connectivity index (χ2n) is 4.15. The van der Waals surface area contributed by atoms with E-state index >= 15 is 0 Å². The van der Waals surface area contributed by atoms with Crippen LogP contribution in [0.15, 0.2) is 24.8 Å². The third kappa shape index (κ3) is 2.66. The van der Waals surface area contributed by atoms with Crippen molar-refractivity contribution in [1.82, 2.24) is 9.97 Å². The van der Waals surface area contributed by atoms with Gasteiger partial charge in [0.15, 0.2) is 11.5 Å². The highest BCUT2D eigenvalue weighted by molar-refractivity contribution is 5.92.